The van der Waals surface area contributed by atoms with Crippen molar-refractivity contribution in [3.63, 3.8) is 0 Å². The molecule has 3 rings (SSSR count). The van der Waals surface area contributed by atoms with Crippen LogP contribution in [-0.2, 0) is 4.79 Å². The summed E-state index contributed by atoms with van der Waals surface area (Å²) in [6.07, 6.45) is 7.86. The minimum Gasteiger partial charge on any atom is -0.352 e. The topological polar surface area (TPSA) is 58.4 Å². The maximum atomic E-state index is 12.4. The highest BCUT2D eigenvalue weighted by atomic mass is 16.2. The molecule has 0 aromatic heterocycles. The lowest BCUT2D eigenvalue weighted by Crippen LogP contribution is -2.51. The molecule has 3 aliphatic rings. The van der Waals surface area contributed by atoms with E-state index in [-0.39, 0.29) is 5.91 Å². The van der Waals surface area contributed by atoms with Crippen molar-refractivity contribution in [3.05, 3.63) is 0 Å². The molecule has 2 saturated carbocycles. The van der Waals surface area contributed by atoms with E-state index < -0.39 is 0 Å². The molecule has 1 heterocycles. The van der Waals surface area contributed by atoms with E-state index in [4.69, 9.17) is 5.73 Å². The van der Waals surface area contributed by atoms with Crippen LogP contribution in [0.4, 0.5) is 0 Å². The Hall–Kier alpha value is -0.610. The fraction of sp³-hybridized carbons (Fsp3) is 0.944. The highest BCUT2D eigenvalue weighted by Gasteiger charge is 2.42. The molecule has 6 unspecified atom stereocenters. The highest BCUT2D eigenvalue weighted by Crippen LogP contribution is 2.49. The molecule has 0 aromatic rings. The Balaban J connectivity index is 1.47. The Bertz CT molecular complexity index is 400. The first-order valence-corrected chi connectivity index (χ1v) is 9.30. The smallest absolute Gasteiger partial charge is 0.234 e. The van der Waals surface area contributed by atoms with Crippen LogP contribution in [0.25, 0.3) is 0 Å². The Morgan fingerprint density at radius 3 is 2.73 bits per heavy atom. The largest absolute Gasteiger partial charge is 0.352 e. The van der Waals surface area contributed by atoms with Gasteiger partial charge in [-0.3, -0.25) is 9.69 Å². The molecule has 3 fully saturated rings. The van der Waals surface area contributed by atoms with Crippen LogP contribution in [0.15, 0.2) is 0 Å². The minimum absolute atomic E-state index is 0.197. The predicted octanol–water partition coefficient (Wildman–Crippen LogP) is 1.99. The van der Waals surface area contributed by atoms with Gasteiger partial charge in [0.2, 0.25) is 5.91 Å². The van der Waals surface area contributed by atoms with Gasteiger partial charge in [-0.2, -0.15) is 0 Å². The van der Waals surface area contributed by atoms with Gasteiger partial charge in [-0.25, -0.2) is 0 Å². The maximum Gasteiger partial charge on any atom is 0.234 e. The van der Waals surface area contributed by atoms with E-state index in [1.807, 2.05) is 0 Å². The number of nitrogens with one attached hydrogen (secondary N) is 1. The summed E-state index contributed by atoms with van der Waals surface area (Å²) in [5, 5.41) is 3.29. The molecule has 2 bridgehead atoms. The van der Waals surface area contributed by atoms with Crippen molar-refractivity contribution >= 4 is 5.91 Å². The van der Waals surface area contributed by atoms with Gasteiger partial charge in [0.25, 0.3) is 0 Å². The molecule has 1 aliphatic heterocycles. The summed E-state index contributed by atoms with van der Waals surface area (Å²) in [5.41, 5.74) is 5.90. The van der Waals surface area contributed by atoms with Crippen molar-refractivity contribution in [1.29, 1.82) is 0 Å². The van der Waals surface area contributed by atoms with Gasteiger partial charge in [-0.1, -0.05) is 13.3 Å². The molecule has 0 aromatic carbocycles. The van der Waals surface area contributed by atoms with Crippen molar-refractivity contribution in [2.45, 2.75) is 64.5 Å². The number of hydrogen-bond acceptors (Lipinski definition) is 3. The first kappa shape index (κ1) is 16.3. The minimum atomic E-state index is 0.197. The summed E-state index contributed by atoms with van der Waals surface area (Å²) in [7, 11) is 0. The lowest BCUT2D eigenvalue weighted by molar-refractivity contribution is -0.124. The van der Waals surface area contributed by atoms with Gasteiger partial charge in [0, 0.05) is 18.6 Å². The van der Waals surface area contributed by atoms with Crippen molar-refractivity contribution in [2.75, 3.05) is 19.6 Å². The number of nitrogens with two attached hydrogens (primary N) is 1. The molecule has 3 N–H and O–H groups in total. The number of nitrogens with zero attached hydrogens (tertiary/aromatic N) is 1. The zero-order chi connectivity index (χ0) is 15.7. The number of likely N-dealkylation sites (tertiary alicyclic amines) is 1. The summed E-state index contributed by atoms with van der Waals surface area (Å²) >= 11 is 0. The maximum absolute atomic E-state index is 12.4. The normalized spacial score (nSPS) is 39.9. The lowest BCUT2D eigenvalue weighted by Gasteiger charge is -2.38. The van der Waals surface area contributed by atoms with Gasteiger partial charge in [0.1, 0.15) is 0 Å². The van der Waals surface area contributed by atoms with Crippen LogP contribution < -0.4 is 11.1 Å². The summed E-state index contributed by atoms with van der Waals surface area (Å²) in [4.78, 5) is 14.7. The second-order valence-electron chi connectivity index (χ2n) is 8.18. The third-order valence-electron chi connectivity index (χ3n) is 6.54. The summed E-state index contributed by atoms with van der Waals surface area (Å²) in [6, 6.07) is 0.718. The van der Waals surface area contributed by atoms with E-state index in [0.717, 1.165) is 36.6 Å². The molecule has 22 heavy (non-hydrogen) atoms. The zero-order valence-corrected chi connectivity index (χ0v) is 14.3. The van der Waals surface area contributed by atoms with Gasteiger partial charge in [0.05, 0.1) is 6.54 Å². The Labute approximate surface area is 135 Å². The van der Waals surface area contributed by atoms with Gasteiger partial charge in [0.15, 0.2) is 0 Å². The number of amides is 1. The quantitative estimate of drug-likeness (QED) is 0.816. The van der Waals surface area contributed by atoms with Crippen LogP contribution in [0.5, 0.6) is 0 Å². The SMILES string of the molecule is CC1CCN(CC(=O)NC(C)C2CC3CCC2C3)C(CN)C1. The molecule has 0 spiro atoms. The monoisotopic (exact) mass is 307 g/mol. The van der Waals surface area contributed by atoms with E-state index >= 15 is 0 Å². The van der Waals surface area contributed by atoms with Gasteiger partial charge in [-0.15, -0.1) is 0 Å². The van der Waals surface area contributed by atoms with Crippen molar-refractivity contribution in [3.8, 4) is 0 Å². The number of carbonyl (C=O) groups excluding carboxylic acids is 1. The first-order valence-electron chi connectivity index (χ1n) is 9.30. The highest BCUT2D eigenvalue weighted by molar-refractivity contribution is 5.78. The average molecular weight is 307 g/mol. The summed E-state index contributed by atoms with van der Waals surface area (Å²) < 4.78 is 0. The third kappa shape index (κ3) is 3.48. The molecule has 1 saturated heterocycles. The second-order valence-corrected chi connectivity index (χ2v) is 8.18. The number of rotatable bonds is 5. The van der Waals surface area contributed by atoms with Crippen LogP contribution in [0.1, 0.15) is 52.4 Å². The van der Waals surface area contributed by atoms with E-state index in [1.54, 1.807) is 0 Å². The second kappa shape index (κ2) is 6.88. The molecule has 1 amide bonds. The summed E-state index contributed by atoms with van der Waals surface area (Å²) in [5.74, 6) is 3.46. The number of fused-ring (bicyclic) bond motifs is 2. The van der Waals surface area contributed by atoms with Crippen LogP contribution in [0, 0.1) is 23.7 Å². The number of piperidine rings is 1. The molecular formula is C18H33N3O. The third-order valence-corrected chi connectivity index (χ3v) is 6.54. The molecule has 2 aliphatic carbocycles. The van der Waals surface area contributed by atoms with E-state index in [9.17, 15) is 4.79 Å². The van der Waals surface area contributed by atoms with Crippen molar-refractivity contribution in [2.24, 2.45) is 29.4 Å². The molecule has 6 atom stereocenters. The van der Waals surface area contributed by atoms with Crippen molar-refractivity contribution < 1.29 is 4.79 Å². The average Bonchev–Trinajstić information content (AvgIpc) is 3.11. The van der Waals surface area contributed by atoms with Crippen molar-refractivity contribution in [1.82, 2.24) is 10.2 Å². The molecule has 4 nitrogen and oxygen atoms in total. The number of hydrogen-bond donors (Lipinski definition) is 2. The molecule has 0 radical (unpaired) electrons. The zero-order valence-electron chi connectivity index (χ0n) is 14.3. The number of carbonyl (C=O) groups is 1. The summed E-state index contributed by atoms with van der Waals surface area (Å²) in [6.45, 7) is 6.71. The lowest BCUT2D eigenvalue weighted by atomic mass is 9.84. The van der Waals surface area contributed by atoms with Gasteiger partial charge < -0.3 is 11.1 Å². The van der Waals surface area contributed by atoms with Gasteiger partial charge in [-0.05, 0) is 69.2 Å². The van der Waals surface area contributed by atoms with E-state index in [0.29, 0.717) is 25.2 Å². The molecule has 4 heteroatoms. The predicted molar refractivity (Wildman–Crippen MR) is 89.4 cm³/mol. The van der Waals surface area contributed by atoms with Crippen LogP contribution in [0.3, 0.4) is 0 Å². The fourth-order valence-corrected chi connectivity index (χ4v) is 5.25. The molecule has 126 valence electrons. The van der Waals surface area contributed by atoms with E-state index in [1.165, 1.54) is 32.1 Å². The van der Waals surface area contributed by atoms with Gasteiger partial charge >= 0.3 is 0 Å². The Morgan fingerprint density at radius 2 is 2.09 bits per heavy atom. The van der Waals surface area contributed by atoms with Crippen LogP contribution in [-0.4, -0.2) is 42.5 Å². The van der Waals surface area contributed by atoms with E-state index in [2.05, 4.69) is 24.1 Å². The van der Waals surface area contributed by atoms with Crippen LogP contribution >= 0.6 is 0 Å². The molecular weight excluding hydrogens is 274 g/mol. The standard InChI is InChI=1S/C18H33N3O/c1-12-5-6-21(16(7-12)10-19)11-18(22)20-13(2)17-9-14-3-4-15(17)8-14/h12-17H,3-11,19H2,1-2H3,(H,20,22). The Morgan fingerprint density at radius 1 is 1.27 bits per heavy atom. The van der Waals surface area contributed by atoms with Crippen LogP contribution in [0.2, 0.25) is 0 Å². The fourth-order valence-electron chi connectivity index (χ4n) is 5.25. The Kier molecular flexibility index (Phi) is 5.08. The first-order chi connectivity index (χ1) is 10.6.